The molecule has 0 radical (unpaired) electrons. The number of benzene rings is 4. The zero-order valence-electron chi connectivity index (χ0n) is 30.8. The fourth-order valence-electron chi connectivity index (χ4n) is 7.10. The highest BCUT2D eigenvalue weighted by Crippen LogP contribution is 2.41. The van der Waals surface area contributed by atoms with Gasteiger partial charge in [0.15, 0.2) is 23.2 Å². The second kappa shape index (κ2) is 16.7. The van der Waals surface area contributed by atoms with E-state index in [0.29, 0.717) is 15.9 Å². The van der Waals surface area contributed by atoms with Crippen LogP contribution in [0.15, 0.2) is 120 Å². The summed E-state index contributed by atoms with van der Waals surface area (Å²) in [5, 5.41) is 10.6. The number of nitrogens with zero attached hydrogens (tertiary/aromatic N) is 4. The molecule has 1 saturated heterocycles. The van der Waals surface area contributed by atoms with Crippen molar-refractivity contribution in [1.29, 1.82) is 0 Å². The maximum atomic E-state index is 14.0. The highest BCUT2D eigenvalue weighted by Gasteiger charge is 2.49. The van der Waals surface area contributed by atoms with Gasteiger partial charge >= 0.3 is 10.4 Å². The summed E-state index contributed by atoms with van der Waals surface area (Å²) < 4.78 is 42.0. The molecule has 3 heterocycles. The Kier molecular flexibility index (Phi) is 11.6. The minimum Gasteiger partial charge on any atom is -0.490 e. The summed E-state index contributed by atoms with van der Waals surface area (Å²) in [4.78, 5) is 39.5. The molecule has 0 spiro atoms. The molecule has 2 aliphatic heterocycles. The number of aromatic nitrogens is 1. The van der Waals surface area contributed by atoms with Gasteiger partial charge in [-0.25, -0.2) is 4.98 Å². The van der Waals surface area contributed by atoms with Crippen LogP contribution in [0.3, 0.4) is 0 Å². The van der Waals surface area contributed by atoms with Crippen LogP contribution in [-0.2, 0) is 47.6 Å². The molecule has 290 valence electrons. The summed E-state index contributed by atoms with van der Waals surface area (Å²) in [6.45, 7) is 3.54. The fourth-order valence-corrected chi connectivity index (χ4v) is 8.26. The molecule has 2 N–H and O–H groups in total. The standard InChI is InChI=1S/C41H41N5O8S2/c1-28-35(39(48)46(28)54-56(49,50)51)25-37(47)38(44-53-23-22-52-34-19-18-30-26-45(2)21-20-29(30)24-34)36-27-55-40(42-36)43-41(31-12-6-3-7-13-31,32-14-8-4-9-15-32)33-16-10-5-11-17-33/h3-19,24,27-28,35H,20-23,25-26H2,1-2H3,(H,42,43)(H,49,50,51)/b44-38-/t28-,35-/m0/s1. The first kappa shape index (κ1) is 38.8. The van der Waals surface area contributed by atoms with Crippen LogP contribution >= 0.6 is 11.3 Å². The Bertz CT molecular complexity index is 2210. The number of rotatable bonds is 16. The summed E-state index contributed by atoms with van der Waals surface area (Å²) in [6.07, 6.45) is 0.599. The molecule has 0 unspecified atom stereocenters. The van der Waals surface area contributed by atoms with Crippen LogP contribution in [0.25, 0.3) is 0 Å². The minimum absolute atomic E-state index is 0.0136. The van der Waals surface area contributed by atoms with Gasteiger partial charge in [0.05, 0.1) is 12.0 Å². The molecular formula is C41H41N5O8S2. The Balaban J connectivity index is 1.15. The predicted octanol–water partition coefficient (Wildman–Crippen LogP) is 5.88. The van der Waals surface area contributed by atoms with E-state index in [1.807, 2.05) is 103 Å². The second-order valence-electron chi connectivity index (χ2n) is 13.7. The van der Waals surface area contributed by atoms with Crippen LogP contribution < -0.4 is 10.1 Å². The van der Waals surface area contributed by atoms with E-state index in [-0.39, 0.29) is 31.0 Å². The van der Waals surface area contributed by atoms with Gasteiger partial charge in [0.2, 0.25) is 0 Å². The van der Waals surface area contributed by atoms with Crippen molar-refractivity contribution in [1.82, 2.24) is 14.9 Å². The zero-order valence-corrected chi connectivity index (χ0v) is 32.4. The summed E-state index contributed by atoms with van der Waals surface area (Å²) in [5.41, 5.74) is 4.62. The third-order valence-corrected chi connectivity index (χ3v) is 11.1. The van der Waals surface area contributed by atoms with Crippen molar-refractivity contribution in [3.05, 3.63) is 148 Å². The summed E-state index contributed by atoms with van der Waals surface area (Å²) in [5.74, 6) is -1.55. The van der Waals surface area contributed by atoms with E-state index in [2.05, 4.69) is 32.8 Å². The first-order valence-corrected chi connectivity index (χ1v) is 20.3. The maximum absolute atomic E-state index is 14.0. The molecule has 0 bridgehead atoms. The molecule has 1 aromatic heterocycles. The molecule has 0 saturated carbocycles. The van der Waals surface area contributed by atoms with E-state index >= 15 is 0 Å². The maximum Gasteiger partial charge on any atom is 0.418 e. The van der Waals surface area contributed by atoms with Gasteiger partial charge in [-0.3, -0.25) is 14.1 Å². The van der Waals surface area contributed by atoms with Crippen LogP contribution in [0, 0.1) is 5.92 Å². The van der Waals surface area contributed by atoms with E-state index in [9.17, 15) is 18.0 Å². The van der Waals surface area contributed by atoms with Crippen LogP contribution in [0.4, 0.5) is 5.13 Å². The van der Waals surface area contributed by atoms with Gasteiger partial charge in [0, 0.05) is 24.9 Å². The number of carbonyl (C=O) groups excluding carboxylic acids is 2. The SMILES string of the molecule is C[C@H]1[C@H](CC(=O)/C(=N\OCCOc2ccc3c(c2)CCN(C)C3)c2csc(NC(c3ccccc3)(c3ccccc3)c3ccccc3)n2)C(=O)N1OS(=O)(=O)O. The Morgan fingerprint density at radius 1 is 0.946 bits per heavy atom. The molecule has 0 aliphatic carbocycles. The van der Waals surface area contributed by atoms with Crippen LogP contribution in [-0.4, -0.2) is 78.2 Å². The Hall–Kier alpha value is -5.45. The van der Waals surface area contributed by atoms with Crippen LogP contribution in [0.1, 0.15) is 46.9 Å². The third-order valence-electron chi connectivity index (χ3n) is 9.97. The number of amides is 1. The first-order valence-electron chi connectivity index (χ1n) is 18.1. The summed E-state index contributed by atoms with van der Waals surface area (Å²) in [7, 11) is -2.84. The lowest BCUT2D eigenvalue weighted by Gasteiger charge is -2.41. The molecule has 56 heavy (non-hydrogen) atoms. The fraction of sp³-hybridized carbons (Fsp3) is 0.268. The molecule has 15 heteroatoms. The highest BCUT2D eigenvalue weighted by molar-refractivity contribution is 7.80. The molecule has 4 aromatic carbocycles. The monoisotopic (exact) mass is 795 g/mol. The molecule has 1 fully saturated rings. The first-order chi connectivity index (χ1) is 27.0. The number of hydrogen-bond donors (Lipinski definition) is 2. The number of hydroxylamine groups is 2. The quantitative estimate of drug-likeness (QED) is 0.0307. The number of fused-ring (bicyclic) bond motifs is 1. The summed E-state index contributed by atoms with van der Waals surface area (Å²) in [6, 6.07) is 35.2. The van der Waals surface area contributed by atoms with Gasteiger partial charge in [-0.2, -0.15) is 13.5 Å². The lowest BCUT2D eigenvalue weighted by Crippen LogP contribution is -2.60. The number of ether oxygens (including phenoxy) is 1. The van der Waals surface area contributed by atoms with Gasteiger partial charge < -0.3 is 19.8 Å². The molecule has 2 aliphatic rings. The van der Waals surface area contributed by atoms with Gasteiger partial charge in [0.25, 0.3) is 5.91 Å². The van der Waals surface area contributed by atoms with Crippen molar-refractivity contribution in [3.63, 3.8) is 0 Å². The molecular weight excluding hydrogens is 755 g/mol. The summed E-state index contributed by atoms with van der Waals surface area (Å²) >= 11 is 1.28. The number of nitrogens with one attached hydrogen (secondary N) is 1. The van der Waals surface area contributed by atoms with Crippen molar-refractivity contribution in [2.45, 2.75) is 37.9 Å². The number of ketones is 1. The van der Waals surface area contributed by atoms with Gasteiger partial charge in [-0.05, 0) is 60.3 Å². The molecule has 13 nitrogen and oxygen atoms in total. The minimum atomic E-state index is -4.93. The van der Waals surface area contributed by atoms with Crippen molar-refractivity contribution >= 4 is 44.3 Å². The van der Waals surface area contributed by atoms with E-state index in [1.165, 1.54) is 29.4 Å². The van der Waals surface area contributed by atoms with Crippen molar-refractivity contribution < 1.29 is 36.4 Å². The highest BCUT2D eigenvalue weighted by atomic mass is 32.3. The average molecular weight is 796 g/mol. The van der Waals surface area contributed by atoms with Crippen LogP contribution in [0.5, 0.6) is 5.75 Å². The van der Waals surface area contributed by atoms with Gasteiger partial charge in [-0.1, -0.05) is 102 Å². The smallest absolute Gasteiger partial charge is 0.418 e. The number of anilines is 1. The van der Waals surface area contributed by atoms with Crippen molar-refractivity contribution in [2.75, 3.05) is 32.1 Å². The average Bonchev–Trinajstić information content (AvgIpc) is 3.67. The van der Waals surface area contributed by atoms with Gasteiger partial charge in [0.1, 0.15) is 23.6 Å². The normalized spacial score (nSPS) is 17.5. The number of Topliss-reactive ketones (excluding diaryl/α,β-unsaturated/α-hetero) is 1. The van der Waals surface area contributed by atoms with Crippen molar-refractivity contribution in [2.24, 2.45) is 11.1 Å². The molecule has 2 atom stereocenters. The van der Waals surface area contributed by atoms with Gasteiger partial charge in [-0.15, -0.1) is 15.6 Å². The number of carbonyl (C=O) groups is 2. The van der Waals surface area contributed by atoms with Crippen LogP contribution in [0.2, 0.25) is 0 Å². The predicted molar refractivity (Wildman–Crippen MR) is 211 cm³/mol. The van der Waals surface area contributed by atoms with E-state index in [0.717, 1.165) is 36.2 Å². The zero-order chi connectivity index (χ0) is 39.3. The van der Waals surface area contributed by atoms with Crippen molar-refractivity contribution in [3.8, 4) is 5.75 Å². The Labute approximate surface area is 329 Å². The Morgan fingerprint density at radius 2 is 1.57 bits per heavy atom. The lowest BCUT2D eigenvalue weighted by atomic mass is 9.77. The topological polar surface area (TPSA) is 160 Å². The van der Waals surface area contributed by atoms with E-state index in [4.69, 9.17) is 19.1 Å². The number of likely N-dealkylation sites (N-methyl/N-ethyl adjacent to an activating group) is 1. The number of hydrogen-bond acceptors (Lipinski definition) is 12. The largest absolute Gasteiger partial charge is 0.490 e. The lowest BCUT2D eigenvalue weighted by molar-refractivity contribution is -0.204. The number of thiazole rings is 1. The molecule has 7 rings (SSSR count). The molecule has 1 amide bonds. The second-order valence-corrected chi connectivity index (χ2v) is 15.6. The Morgan fingerprint density at radius 3 is 2.16 bits per heavy atom. The van der Waals surface area contributed by atoms with E-state index < -0.39 is 39.6 Å². The number of β-lactam (4-membered cyclic amide) rings is 1. The number of oxime groups is 1. The van der Waals surface area contributed by atoms with E-state index in [1.54, 1.807) is 5.38 Å². The third kappa shape index (κ3) is 8.51. The molecule has 5 aromatic rings.